The van der Waals surface area contributed by atoms with Gasteiger partial charge < -0.3 is 10.1 Å². The molecular weight excluding hydrogens is 256 g/mol. The molecule has 0 fully saturated rings. The highest BCUT2D eigenvalue weighted by atomic mass is 19.1. The topological polar surface area (TPSA) is 81.8 Å². The van der Waals surface area contributed by atoms with E-state index in [1.165, 1.54) is 12.3 Å². The van der Waals surface area contributed by atoms with Gasteiger partial charge in [-0.15, -0.1) is 0 Å². The molecule has 0 bridgehead atoms. The quantitative estimate of drug-likeness (QED) is 0.664. The van der Waals surface area contributed by atoms with Crippen LogP contribution in [0.1, 0.15) is 10.5 Å². The number of carboxylic acid groups (broad SMARTS) is 1. The normalized spacial score (nSPS) is 11.1. The number of halogens is 2. The number of aromatic nitrogens is 3. The molecule has 0 saturated heterocycles. The lowest BCUT2D eigenvalue weighted by atomic mass is 10.1. The maximum absolute atomic E-state index is 14.2. The number of H-pyrrole nitrogens is 2. The number of benzene rings is 1. The standard InChI is InChI=1S/C12H7F2N3O2/c13-6-3-5-1-2-15-11(5)10(14)9(6)7-4-8(12(18)19)17-16-7/h1-4,15H,(H,16,17)(H,18,19). The van der Waals surface area contributed by atoms with E-state index < -0.39 is 17.6 Å². The molecular formula is C12H7F2N3O2. The molecule has 0 amide bonds. The Kier molecular flexibility index (Phi) is 2.34. The molecule has 0 atom stereocenters. The van der Waals surface area contributed by atoms with Crippen LogP contribution in [0.4, 0.5) is 8.78 Å². The molecule has 0 spiro atoms. The highest BCUT2D eigenvalue weighted by Crippen LogP contribution is 2.30. The number of hydrogen-bond donors (Lipinski definition) is 3. The summed E-state index contributed by atoms with van der Waals surface area (Å²) in [7, 11) is 0. The number of nitrogens with zero attached hydrogens (tertiary/aromatic N) is 1. The second-order valence-electron chi connectivity index (χ2n) is 3.96. The molecule has 1 aromatic carbocycles. The van der Waals surface area contributed by atoms with Crippen LogP contribution in [-0.2, 0) is 0 Å². The lowest BCUT2D eigenvalue weighted by Gasteiger charge is -2.02. The molecule has 0 radical (unpaired) electrons. The number of carboxylic acids is 1. The summed E-state index contributed by atoms with van der Waals surface area (Å²) >= 11 is 0. The molecule has 0 unspecified atom stereocenters. The largest absolute Gasteiger partial charge is 0.477 e. The van der Waals surface area contributed by atoms with E-state index in [9.17, 15) is 13.6 Å². The Labute approximate surface area is 104 Å². The van der Waals surface area contributed by atoms with Crippen LogP contribution in [0.5, 0.6) is 0 Å². The average molecular weight is 263 g/mol. The van der Waals surface area contributed by atoms with E-state index >= 15 is 0 Å². The van der Waals surface area contributed by atoms with E-state index in [1.807, 2.05) is 0 Å². The summed E-state index contributed by atoms with van der Waals surface area (Å²) < 4.78 is 28.1. The fraction of sp³-hybridized carbons (Fsp3) is 0. The molecule has 2 heterocycles. The lowest BCUT2D eigenvalue weighted by Crippen LogP contribution is -1.95. The Morgan fingerprint density at radius 2 is 2.11 bits per heavy atom. The Hall–Kier alpha value is -2.70. The van der Waals surface area contributed by atoms with Crippen LogP contribution in [0.3, 0.4) is 0 Å². The van der Waals surface area contributed by atoms with Crippen LogP contribution in [-0.4, -0.2) is 26.3 Å². The van der Waals surface area contributed by atoms with E-state index in [0.717, 1.165) is 6.07 Å². The van der Waals surface area contributed by atoms with Crippen LogP contribution in [0, 0.1) is 11.6 Å². The van der Waals surface area contributed by atoms with Crippen molar-refractivity contribution in [1.82, 2.24) is 15.2 Å². The van der Waals surface area contributed by atoms with Crippen LogP contribution in [0.15, 0.2) is 24.4 Å². The van der Waals surface area contributed by atoms with Crippen molar-refractivity contribution in [2.75, 3.05) is 0 Å². The number of carbonyl (C=O) groups is 1. The predicted octanol–water partition coefficient (Wildman–Crippen LogP) is 2.53. The van der Waals surface area contributed by atoms with Gasteiger partial charge in [0, 0.05) is 11.6 Å². The molecule has 7 heteroatoms. The highest BCUT2D eigenvalue weighted by molar-refractivity contribution is 5.89. The summed E-state index contributed by atoms with van der Waals surface area (Å²) in [5.74, 6) is -2.85. The summed E-state index contributed by atoms with van der Waals surface area (Å²) in [6, 6.07) is 3.79. The minimum absolute atomic E-state index is 0.0936. The zero-order chi connectivity index (χ0) is 13.6. The third kappa shape index (κ3) is 1.67. The molecule has 3 N–H and O–H groups in total. The van der Waals surface area contributed by atoms with Gasteiger partial charge in [0.15, 0.2) is 5.82 Å². The number of aromatic carboxylic acids is 1. The molecule has 0 aliphatic heterocycles. The molecule has 5 nitrogen and oxygen atoms in total. The first kappa shape index (κ1) is 11.4. The van der Waals surface area contributed by atoms with Gasteiger partial charge in [0.05, 0.1) is 16.8 Å². The third-order valence-corrected chi connectivity index (χ3v) is 2.80. The molecule has 96 valence electrons. The van der Waals surface area contributed by atoms with E-state index in [0.29, 0.717) is 5.39 Å². The number of hydrogen-bond acceptors (Lipinski definition) is 2. The Bertz CT molecular complexity index is 791. The maximum Gasteiger partial charge on any atom is 0.353 e. The van der Waals surface area contributed by atoms with Crippen LogP contribution in [0.2, 0.25) is 0 Å². The van der Waals surface area contributed by atoms with Crippen molar-refractivity contribution in [2.45, 2.75) is 0 Å². The fourth-order valence-corrected chi connectivity index (χ4v) is 1.92. The van der Waals surface area contributed by atoms with E-state index in [2.05, 4.69) is 15.2 Å². The van der Waals surface area contributed by atoms with Crippen molar-refractivity contribution in [3.63, 3.8) is 0 Å². The average Bonchev–Trinajstić information content (AvgIpc) is 2.97. The second-order valence-corrected chi connectivity index (χ2v) is 3.96. The minimum Gasteiger partial charge on any atom is -0.477 e. The summed E-state index contributed by atoms with van der Waals surface area (Å²) in [4.78, 5) is 13.4. The van der Waals surface area contributed by atoms with Crippen molar-refractivity contribution in [3.8, 4) is 11.3 Å². The first-order valence-electron chi connectivity index (χ1n) is 5.32. The number of aromatic amines is 2. The lowest BCUT2D eigenvalue weighted by molar-refractivity contribution is 0.0690. The summed E-state index contributed by atoms with van der Waals surface area (Å²) in [5.41, 5.74) is -0.542. The monoisotopic (exact) mass is 263 g/mol. The van der Waals surface area contributed by atoms with Crippen molar-refractivity contribution in [3.05, 3.63) is 41.7 Å². The van der Waals surface area contributed by atoms with Crippen LogP contribution in [0.25, 0.3) is 22.2 Å². The maximum atomic E-state index is 14.2. The van der Waals surface area contributed by atoms with Crippen LogP contribution >= 0.6 is 0 Å². The number of nitrogens with one attached hydrogen (secondary N) is 2. The van der Waals surface area contributed by atoms with Gasteiger partial charge in [0.2, 0.25) is 0 Å². The fourth-order valence-electron chi connectivity index (χ4n) is 1.92. The minimum atomic E-state index is -1.25. The van der Waals surface area contributed by atoms with Gasteiger partial charge in [0.1, 0.15) is 11.5 Å². The second kappa shape index (κ2) is 3.91. The van der Waals surface area contributed by atoms with Crippen molar-refractivity contribution in [1.29, 1.82) is 0 Å². The molecule has 3 rings (SSSR count). The number of rotatable bonds is 2. The molecule has 0 saturated carbocycles. The first-order valence-corrected chi connectivity index (χ1v) is 5.32. The van der Waals surface area contributed by atoms with Crippen molar-refractivity contribution >= 4 is 16.9 Å². The Morgan fingerprint density at radius 3 is 2.79 bits per heavy atom. The van der Waals surface area contributed by atoms with Gasteiger partial charge in [0.25, 0.3) is 0 Å². The summed E-state index contributed by atoms with van der Waals surface area (Å²) in [6.45, 7) is 0. The molecule has 2 aromatic heterocycles. The van der Waals surface area contributed by atoms with E-state index in [-0.39, 0.29) is 22.5 Å². The van der Waals surface area contributed by atoms with E-state index in [4.69, 9.17) is 5.11 Å². The van der Waals surface area contributed by atoms with Gasteiger partial charge >= 0.3 is 5.97 Å². The Morgan fingerprint density at radius 1 is 1.32 bits per heavy atom. The molecule has 0 aliphatic carbocycles. The van der Waals surface area contributed by atoms with Gasteiger partial charge in [-0.05, 0) is 18.2 Å². The first-order chi connectivity index (χ1) is 9.08. The van der Waals surface area contributed by atoms with Crippen molar-refractivity contribution < 1.29 is 18.7 Å². The third-order valence-electron chi connectivity index (χ3n) is 2.80. The summed E-state index contributed by atoms with van der Waals surface area (Å²) in [5, 5.41) is 15.0. The Balaban J connectivity index is 2.25. The number of fused-ring (bicyclic) bond motifs is 1. The molecule has 3 aromatic rings. The van der Waals surface area contributed by atoms with Crippen LogP contribution < -0.4 is 0 Å². The molecule has 19 heavy (non-hydrogen) atoms. The zero-order valence-corrected chi connectivity index (χ0v) is 9.37. The molecule has 0 aliphatic rings. The van der Waals surface area contributed by atoms with Gasteiger partial charge in [-0.25, -0.2) is 13.6 Å². The highest BCUT2D eigenvalue weighted by Gasteiger charge is 2.19. The summed E-state index contributed by atoms with van der Waals surface area (Å²) in [6.07, 6.45) is 1.49. The van der Waals surface area contributed by atoms with Gasteiger partial charge in [-0.2, -0.15) is 5.10 Å². The van der Waals surface area contributed by atoms with Gasteiger partial charge in [-0.3, -0.25) is 5.10 Å². The van der Waals surface area contributed by atoms with Gasteiger partial charge in [-0.1, -0.05) is 0 Å². The SMILES string of the molecule is O=C(O)c1cc(-c2c(F)cc3cc[nH]c3c2F)n[nH]1. The zero-order valence-electron chi connectivity index (χ0n) is 9.37. The smallest absolute Gasteiger partial charge is 0.353 e. The predicted molar refractivity (Wildman–Crippen MR) is 62.8 cm³/mol. The van der Waals surface area contributed by atoms with E-state index in [1.54, 1.807) is 6.07 Å². The van der Waals surface area contributed by atoms with Crippen molar-refractivity contribution in [2.24, 2.45) is 0 Å².